The van der Waals surface area contributed by atoms with Crippen LogP contribution < -0.4 is 10.6 Å². The van der Waals surface area contributed by atoms with Crippen LogP contribution in [0.5, 0.6) is 0 Å². The van der Waals surface area contributed by atoms with Crippen LogP contribution >= 0.6 is 0 Å². The summed E-state index contributed by atoms with van der Waals surface area (Å²) in [6.45, 7) is 3.97. The standard InChI is InChI=1S/C10H8FNO.C8H10FN.C4H9NO.CH2O2/c1-7-2-3-8(4-9(7)11)10-5-12-6-13-10;1-10-6-7-3-2-4-8(9)5-7;6-4-1-2-5-3-4;2-1-3/h2-6H,1H3;2-5,10H,6H2,1H3;4-6H,1-3H2;1H,(H,2,3). The second-order valence-corrected chi connectivity index (χ2v) is 6.74. The number of hydrogen-bond donors (Lipinski definition) is 4. The first-order chi connectivity index (χ1) is 15.4. The van der Waals surface area contributed by atoms with E-state index < -0.39 is 0 Å². The van der Waals surface area contributed by atoms with E-state index in [4.69, 9.17) is 19.4 Å². The molecule has 1 atom stereocenters. The van der Waals surface area contributed by atoms with Crippen molar-refractivity contribution < 1.29 is 28.2 Å². The Morgan fingerprint density at radius 2 is 2.03 bits per heavy atom. The van der Waals surface area contributed by atoms with Gasteiger partial charge in [-0.3, -0.25) is 4.79 Å². The highest BCUT2D eigenvalue weighted by Gasteiger charge is 2.08. The van der Waals surface area contributed by atoms with Crippen LogP contribution in [0.4, 0.5) is 8.78 Å². The van der Waals surface area contributed by atoms with E-state index >= 15 is 0 Å². The van der Waals surface area contributed by atoms with Crippen LogP contribution in [0.25, 0.3) is 11.3 Å². The van der Waals surface area contributed by atoms with E-state index in [1.165, 1.54) is 24.6 Å². The number of oxazole rings is 1. The maximum absolute atomic E-state index is 13.1. The largest absolute Gasteiger partial charge is 0.483 e. The van der Waals surface area contributed by atoms with Crippen molar-refractivity contribution in [2.24, 2.45) is 0 Å². The van der Waals surface area contributed by atoms with Crippen LogP contribution in [0, 0.1) is 18.6 Å². The van der Waals surface area contributed by atoms with Gasteiger partial charge in [-0.25, -0.2) is 13.8 Å². The van der Waals surface area contributed by atoms with Crippen molar-refractivity contribution in [3.05, 3.63) is 77.8 Å². The molecule has 0 saturated carbocycles. The summed E-state index contributed by atoms with van der Waals surface area (Å²) in [6.07, 6.45) is 3.75. The summed E-state index contributed by atoms with van der Waals surface area (Å²) in [4.78, 5) is 12.1. The van der Waals surface area contributed by atoms with Gasteiger partial charge < -0.3 is 25.3 Å². The molecule has 1 aliphatic heterocycles. The molecule has 0 bridgehead atoms. The Hall–Kier alpha value is -3.14. The smallest absolute Gasteiger partial charge is 0.290 e. The van der Waals surface area contributed by atoms with Crippen molar-refractivity contribution in [2.45, 2.75) is 26.0 Å². The summed E-state index contributed by atoms with van der Waals surface area (Å²) in [7, 11) is 1.84. The molecule has 1 aromatic heterocycles. The first kappa shape index (κ1) is 26.9. The molecule has 32 heavy (non-hydrogen) atoms. The van der Waals surface area contributed by atoms with Crippen molar-refractivity contribution in [3.63, 3.8) is 0 Å². The van der Waals surface area contributed by atoms with Crippen LogP contribution in [0.15, 0.2) is 59.5 Å². The Balaban J connectivity index is 0.000000239. The van der Waals surface area contributed by atoms with Gasteiger partial charge in [0.25, 0.3) is 6.47 Å². The lowest BCUT2D eigenvalue weighted by Gasteiger charge is -1.98. The molecule has 3 aromatic rings. The average Bonchev–Trinajstić information content (AvgIpc) is 3.46. The lowest BCUT2D eigenvalue weighted by molar-refractivity contribution is -0.122. The number of carboxylic acid groups (broad SMARTS) is 1. The van der Waals surface area contributed by atoms with E-state index in [0.717, 1.165) is 31.6 Å². The zero-order valence-electron chi connectivity index (χ0n) is 18.1. The van der Waals surface area contributed by atoms with Crippen LogP contribution in [0.2, 0.25) is 0 Å². The van der Waals surface area contributed by atoms with Crippen LogP contribution in [0.3, 0.4) is 0 Å². The molecule has 1 fully saturated rings. The molecule has 2 heterocycles. The predicted molar refractivity (Wildman–Crippen MR) is 118 cm³/mol. The van der Waals surface area contributed by atoms with Crippen molar-refractivity contribution in [1.29, 1.82) is 0 Å². The molecule has 1 unspecified atom stereocenters. The number of aliphatic hydroxyl groups excluding tert-OH is 1. The minimum absolute atomic E-state index is 0.0648. The van der Waals surface area contributed by atoms with Gasteiger partial charge in [0, 0.05) is 18.7 Å². The van der Waals surface area contributed by atoms with Gasteiger partial charge in [0.1, 0.15) is 11.6 Å². The quantitative estimate of drug-likeness (QED) is 0.454. The fraction of sp³-hybridized carbons (Fsp3) is 0.304. The highest BCUT2D eigenvalue weighted by molar-refractivity contribution is 5.56. The van der Waals surface area contributed by atoms with E-state index in [2.05, 4.69) is 15.6 Å². The highest BCUT2D eigenvalue weighted by Crippen LogP contribution is 2.20. The van der Waals surface area contributed by atoms with Crippen molar-refractivity contribution in [2.75, 3.05) is 20.1 Å². The van der Waals surface area contributed by atoms with Crippen molar-refractivity contribution >= 4 is 6.47 Å². The summed E-state index contributed by atoms with van der Waals surface area (Å²) >= 11 is 0. The number of aliphatic hydroxyl groups is 1. The topological polar surface area (TPSA) is 108 Å². The minimum Gasteiger partial charge on any atom is -0.483 e. The fourth-order valence-electron chi connectivity index (χ4n) is 2.59. The molecule has 0 spiro atoms. The molecule has 7 nitrogen and oxygen atoms in total. The van der Waals surface area contributed by atoms with E-state index in [-0.39, 0.29) is 24.2 Å². The molecule has 1 aliphatic rings. The number of hydrogen-bond acceptors (Lipinski definition) is 6. The molecule has 174 valence electrons. The van der Waals surface area contributed by atoms with Crippen LogP contribution in [-0.4, -0.2) is 47.9 Å². The van der Waals surface area contributed by atoms with Crippen LogP contribution in [0.1, 0.15) is 17.5 Å². The van der Waals surface area contributed by atoms with Gasteiger partial charge in [-0.15, -0.1) is 0 Å². The number of carbonyl (C=O) groups is 1. The molecular weight excluding hydrogens is 420 g/mol. The number of halogens is 2. The zero-order valence-corrected chi connectivity index (χ0v) is 18.1. The Morgan fingerprint density at radius 1 is 1.28 bits per heavy atom. The Morgan fingerprint density at radius 3 is 2.50 bits per heavy atom. The summed E-state index contributed by atoms with van der Waals surface area (Å²) in [6, 6.07) is 11.5. The third kappa shape index (κ3) is 10.8. The third-order valence-electron chi connectivity index (χ3n) is 4.19. The van der Waals surface area contributed by atoms with Gasteiger partial charge >= 0.3 is 0 Å². The zero-order chi connectivity index (χ0) is 23.8. The molecule has 9 heteroatoms. The number of nitrogens with zero attached hydrogens (tertiary/aromatic N) is 1. The lowest BCUT2D eigenvalue weighted by Crippen LogP contribution is -2.11. The van der Waals surface area contributed by atoms with Gasteiger partial charge in [-0.1, -0.05) is 24.3 Å². The first-order valence-electron chi connectivity index (χ1n) is 9.92. The number of benzene rings is 2. The molecule has 2 aromatic carbocycles. The molecule has 4 rings (SSSR count). The summed E-state index contributed by atoms with van der Waals surface area (Å²) < 4.78 is 30.6. The number of β-amino-alcohol motifs (C(OH)–C–C–N with tert-alkyl or cyclic N) is 1. The summed E-state index contributed by atoms with van der Waals surface area (Å²) in [5, 5.41) is 21.5. The number of aromatic nitrogens is 1. The predicted octanol–water partition coefficient (Wildman–Crippen LogP) is 3.38. The van der Waals surface area contributed by atoms with Crippen LogP contribution in [-0.2, 0) is 11.3 Å². The molecule has 0 aliphatic carbocycles. The first-order valence-corrected chi connectivity index (χ1v) is 9.92. The Kier molecular flexibility index (Phi) is 13.1. The monoisotopic (exact) mass is 449 g/mol. The van der Waals surface area contributed by atoms with Gasteiger partial charge in [0.05, 0.1) is 12.3 Å². The third-order valence-corrected chi connectivity index (χ3v) is 4.19. The number of rotatable bonds is 3. The molecule has 0 amide bonds. The van der Waals surface area contributed by atoms with E-state index in [1.807, 2.05) is 13.1 Å². The maximum atomic E-state index is 13.1. The SMILES string of the molecule is CNCc1cccc(F)c1.Cc1ccc(-c2cnco2)cc1F.O=CO.OC1CCNC1. The van der Waals surface area contributed by atoms with Gasteiger partial charge in [0.2, 0.25) is 0 Å². The molecule has 1 saturated heterocycles. The van der Waals surface area contributed by atoms with Crippen molar-refractivity contribution in [1.82, 2.24) is 15.6 Å². The Labute approximate surface area is 186 Å². The number of aryl methyl sites for hydroxylation is 1. The fourth-order valence-corrected chi connectivity index (χ4v) is 2.59. The van der Waals surface area contributed by atoms with Gasteiger partial charge in [0.15, 0.2) is 12.2 Å². The van der Waals surface area contributed by atoms with E-state index in [1.54, 1.807) is 31.3 Å². The Bertz CT molecular complexity index is 902. The van der Waals surface area contributed by atoms with Gasteiger partial charge in [-0.2, -0.15) is 0 Å². The maximum Gasteiger partial charge on any atom is 0.290 e. The van der Waals surface area contributed by atoms with Crippen molar-refractivity contribution in [3.8, 4) is 11.3 Å². The lowest BCUT2D eigenvalue weighted by atomic mass is 10.1. The number of nitrogens with one attached hydrogen (secondary N) is 2. The summed E-state index contributed by atoms with van der Waals surface area (Å²) in [5.74, 6) is 0.181. The second-order valence-electron chi connectivity index (χ2n) is 6.74. The average molecular weight is 449 g/mol. The minimum atomic E-state index is -0.250. The molecular formula is C23H29F2N3O4. The van der Waals surface area contributed by atoms with Gasteiger partial charge in [-0.05, 0) is 56.3 Å². The second kappa shape index (κ2) is 15.6. The molecule has 4 N–H and O–H groups in total. The van der Waals surface area contributed by atoms with E-state index in [9.17, 15) is 8.78 Å². The van der Waals surface area contributed by atoms with E-state index in [0.29, 0.717) is 16.9 Å². The highest BCUT2D eigenvalue weighted by atomic mass is 19.1. The normalized spacial score (nSPS) is 14.1. The summed E-state index contributed by atoms with van der Waals surface area (Å²) in [5.41, 5.74) is 2.31. The molecule has 0 radical (unpaired) electrons.